The van der Waals surface area contributed by atoms with Gasteiger partial charge in [-0.1, -0.05) is 55.2 Å². The van der Waals surface area contributed by atoms with E-state index in [9.17, 15) is 9.59 Å². The number of carbonyl (C=O) groups excluding carboxylic acids is 2. The van der Waals surface area contributed by atoms with Gasteiger partial charge < -0.3 is 10.2 Å². The first kappa shape index (κ1) is 19.3. The number of halogens is 2. The van der Waals surface area contributed by atoms with Crippen LogP contribution in [0.3, 0.4) is 0 Å². The summed E-state index contributed by atoms with van der Waals surface area (Å²) in [6.45, 7) is 5.46. The quantitative estimate of drug-likeness (QED) is 0.785. The fraction of sp³-hybridized carbons (Fsp3) is 0.263. The number of rotatable bonds is 5. The van der Waals surface area contributed by atoms with Gasteiger partial charge in [-0.3, -0.25) is 9.59 Å². The van der Waals surface area contributed by atoms with Crippen molar-refractivity contribution in [2.75, 3.05) is 16.8 Å². The largest absolute Gasteiger partial charge is 0.324 e. The smallest absolute Gasteiger partial charge is 0.244 e. The molecule has 0 saturated carbocycles. The Kier molecular flexibility index (Phi) is 6.45. The molecule has 6 heteroatoms. The van der Waals surface area contributed by atoms with Crippen LogP contribution < -0.4 is 10.2 Å². The number of hydrogen-bond donors (Lipinski definition) is 1. The van der Waals surface area contributed by atoms with Gasteiger partial charge in [0.25, 0.3) is 0 Å². The molecular weight excluding hydrogens is 359 g/mol. The molecule has 132 valence electrons. The molecule has 0 saturated heterocycles. The van der Waals surface area contributed by atoms with Crippen LogP contribution >= 0.6 is 23.2 Å². The average molecular weight is 379 g/mol. The van der Waals surface area contributed by atoms with Crippen molar-refractivity contribution < 1.29 is 9.59 Å². The molecular formula is C19H20Cl2N2O2. The maximum absolute atomic E-state index is 12.4. The van der Waals surface area contributed by atoms with Crippen molar-refractivity contribution in [3.8, 4) is 0 Å². The van der Waals surface area contributed by atoms with E-state index < -0.39 is 0 Å². The molecule has 0 aliphatic carbocycles. The van der Waals surface area contributed by atoms with Gasteiger partial charge in [0.1, 0.15) is 6.54 Å². The molecule has 4 nitrogen and oxygen atoms in total. The SMILES string of the molecule is CC(=O)N(CC(=O)Nc1ccc(Cl)c(Cl)c1)c1ccccc1C(C)C. The van der Waals surface area contributed by atoms with Crippen LogP contribution in [0.2, 0.25) is 10.0 Å². The molecule has 0 atom stereocenters. The minimum absolute atomic E-state index is 0.0840. The third kappa shape index (κ3) is 4.97. The van der Waals surface area contributed by atoms with Crippen LogP contribution in [0.4, 0.5) is 11.4 Å². The van der Waals surface area contributed by atoms with Crippen LogP contribution in [-0.2, 0) is 9.59 Å². The van der Waals surface area contributed by atoms with Crippen LogP contribution in [-0.4, -0.2) is 18.4 Å². The zero-order valence-electron chi connectivity index (χ0n) is 14.3. The molecule has 2 amide bonds. The van der Waals surface area contributed by atoms with Gasteiger partial charge in [-0.25, -0.2) is 0 Å². The van der Waals surface area contributed by atoms with Gasteiger partial charge in [0, 0.05) is 18.3 Å². The third-order valence-corrected chi connectivity index (χ3v) is 4.47. The summed E-state index contributed by atoms with van der Waals surface area (Å²) in [5.74, 6) is -0.277. The number of benzene rings is 2. The molecule has 0 aliphatic rings. The van der Waals surface area contributed by atoms with Crippen LogP contribution in [0.15, 0.2) is 42.5 Å². The first-order chi connectivity index (χ1) is 11.8. The topological polar surface area (TPSA) is 49.4 Å². The predicted molar refractivity (Wildman–Crippen MR) is 104 cm³/mol. The predicted octanol–water partition coefficient (Wildman–Crippen LogP) is 5.11. The highest BCUT2D eigenvalue weighted by Gasteiger charge is 2.19. The van der Waals surface area contributed by atoms with E-state index in [4.69, 9.17) is 23.2 Å². The second-order valence-corrected chi connectivity index (χ2v) is 6.81. The van der Waals surface area contributed by atoms with Crippen LogP contribution in [0.5, 0.6) is 0 Å². The lowest BCUT2D eigenvalue weighted by Crippen LogP contribution is -2.37. The molecule has 0 bridgehead atoms. The minimum Gasteiger partial charge on any atom is -0.324 e. The summed E-state index contributed by atoms with van der Waals surface area (Å²) in [5, 5.41) is 3.51. The number of hydrogen-bond acceptors (Lipinski definition) is 2. The fourth-order valence-electron chi connectivity index (χ4n) is 2.51. The highest BCUT2D eigenvalue weighted by molar-refractivity contribution is 6.42. The van der Waals surface area contributed by atoms with Crippen molar-refractivity contribution in [2.45, 2.75) is 26.7 Å². The van der Waals surface area contributed by atoms with Gasteiger partial charge in [-0.15, -0.1) is 0 Å². The highest BCUT2D eigenvalue weighted by Crippen LogP contribution is 2.28. The summed E-state index contributed by atoms with van der Waals surface area (Å²) in [6.07, 6.45) is 0. The summed E-state index contributed by atoms with van der Waals surface area (Å²) in [6, 6.07) is 12.4. The van der Waals surface area contributed by atoms with Crippen LogP contribution in [0.25, 0.3) is 0 Å². The number of anilines is 2. The molecule has 2 rings (SSSR count). The number of nitrogens with one attached hydrogen (secondary N) is 1. The number of nitrogens with zero attached hydrogens (tertiary/aromatic N) is 1. The van der Waals surface area contributed by atoms with E-state index in [2.05, 4.69) is 5.32 Å². The van der Waals surface area contributed by atoms with Gasteiger partial charge in [0.15, 0.2) is 0 Å². The summed E-state index contributed by atoms with van der Waals surface area (Å²) in [4.78, 5) is 26.0. The van der Waals surface area contributed by atoms with E-state index in [1.54, 1.807) is 18.2 Å². The molecule has 1 N–H and O–H groups in total. The maximum atomic E-state index is 12.4. The lowest BCUT2D eigenvalue weighted by atomic mass is 10.0. The van der Waals surface area contributed by atoms with Gasteiger partial charge in [-0.05, 0) is 35.7 Å². The van der Waals surface area contributed by atoms with Crippen molar-refractivity contribution in [2.24, 2.45) is 0 Å². The van der Waals surface area contributed by atoms with E-state index in [0.717, 1.165) is 11.3 Å². The van der Waals surface area contributed by atoms with E-state index >= 15 is 0 Å². The van der Waals surface area contributed by atoms with Crippen molar-refractivity contribution in [1.82, 2.24) is 0 Å². The van der Waals surface area contributed by atoms with Crippen LogP contribution in [0.1, 0.15) is 32.3 Å². The van der Waals surface area contributed by atoms with Crippen molar-refractivity contribution in [3.63, 3.8) is 0 Å². The molecule has 0 fully saturated rings. The molecule has 0 spiro atoms. The monoisotopic (exact) mass is 378 g/mol. The summed E-state index contributed by atoms with van der Waals surface area (Å²) in [5.41, 5.74) is 2.29. The fourth-order valence-corrected chi connectivity index (χ4v) is 2.80. The Bertz CT molecular complexity index is 791. The molecule has 0 radical (unpaired) electrons. The Labute approximate surface area is 157 Å². The van der Waals surface area contributed by atoms with Gasteiger partial charge in [-0.2, -0.15) is 0 Å². The number of para-hydroxylation sites is 1. The van der Waals surface area contributed by atoms with E-state index in [1.807, 2.05) is 38.1 Å². The molecule has 0 heterocycles. The zero-order chi connectivity index (χ0) is 18.6. The Morgan fingerprint density at radius 3 is 2.36 bits per heavy atom. The minimum atomic E-state index is -0.313. The molecule has 2 aromatic rings. The number of carbonyl (C=O) groups is 2. The number of amides is 2. The van der Waals surface area contributed by atoms with E-state index in [-0.39, 0.29) is 24.3 Å². The molecule has 2 aromatic carbocycles. The summed E-state index contributed by atoms with van der Waals surface area (Å²) >= 11 is 11.8. The zero-order valence-corrected chi connectivity index (χ0v) is 15.9. The normalized spacial score (nSPS) is 10.6. The van der Waals surface area contributed by atoms with Gasteiger partial charge in [0.05, 0.1) is 10.0 Å². The lowest BCUT2D eigenvalue weighted by Gasteiger charge is -2.25. The van der Waals surface area contributed by atoms with Crippen molar-refractivity contribution in [3.05, 3.63) is 58.1 Å². The maximum Gasteiger partial charge on any atom is 0.244 e. The van der Waals surface area contributed by atoms with Crippen molar-refractivity contribution in [1.29, 1.82) is 0 Å². The van der Waals surface area contributed by atoms with Gasteiger partial charge >= 0.3 is 0 Å². The molecule has 25 heavy (non-hydrogen) atoms. The second-order valence-electron chi connectivity index (χ2n) is 6.00. The summed E-state index contributed by atoms with van der Waals surface area (Å²) in [7, 11) is 0. The van der Waals surface area contributed by atoms with Crippen molar-refractivity contribution >= 4 is 46.4 Å². The second kappa shape index (κ2) is 8.37. The Morgan fingerprint density at radius 2 is 1.76 bits per heavy atom. The Morgan fingerprint density at radius 1 is 1.08 bits per heavy atom. The average Bonchev–Trinajstić information content (AvgIpc) is 2.55. The highest BCUT2D eigenvalue weighted by atomic mass is 35.5. The lowest BCUT2D eigenvalue weighted by molar-refractivity contribution is -0.120. The molecule has 0 aliphatic heterocycles. The Balaban J connectivity index is 2.20. The standard InChI is InChI=1S/C19H20Cl2N2O2/c1-12(2)15-6-4-5-7-18(15)23(13(3)24)11-19(25)22-14-8-9-16(20)17(21)10-14/h4-10,12H,11H2,1-3H3,(H,22,25). The van der Waals surface area contributed by atoms with E-state index in [0.29, 0.717) is 15.7 Å². The summed E-state index contributed by atoms with van der Waals surface area (Å²) < 4.78 is 0. The third-order valence-electron chi connectivity index (χ3n) is 3.73. The van der Waals surface area contributed by atoms with E-state index in [1.165, 1.54) is 11.8 Å². The first-order valence-electron chi connectivity index (χ1n) is 7.91. The Hall–Kier alpha value is -2.04. The molecule has 0 aromatic heterocycles. The van der Waals surface area contributed by atoms with Gasteiger partial charge in [0.2, 0.25) is 11.8 Å². The molecule has 0 unspecified atom stereocenters. The van der Waals surface area contributed by atoms with Crippen LogP contribution in [0, 0.1) is 0 Å². The first-order valence-corrected chi connectivity index (χ1v) is 8.67.